The van der Waals surface area contributed by atoms with Gasteiger partial charge in [0.25, 0.3) is 5.91 Å². The number of carbonyl (C=O) groups is 1. The Kier molecular flexibility index (Phi) is 2.53. The Hall–Kier alpha value is -2.09. The number of ether oxygens (including phenoxy) is 2. The Morgan fingerprint density at radius 1 is 1.05 bits per heavy atom. The lowest BCUT2D eigenvalue weighted by Gasteiger charge is -2.39. The lowest BCUT2D eigenvalue weighted by Crippen LogP contribution is -2.57. The second kappa shape index (κ2) is 4.20. The first-order chi connectivity index (χ1) is 10.1. The first-order valence-corrected chi connectivity index (χ1v) is 6.57. The van der Waals surface area contributed by atoms with E-state index < -0.39 is 24.4 Å². The predicted molar refractivity (Wildman–Crippen MR) is 69.8 cm³/mol. The maximum atomic E-state index is 12.2. The third-order valence-corrected chi connectivity index (χ3v) is 4.08. The van der Waals surface area contributed by atoms with Crippen molar-refractivity contribution >= 4 is 11.5 Å². The SMILES string of the molecule is O=C1N[C@@H]2C(=CC(O)[C@@H](O)[C@H]2O)c2cc3c(cc21)OCO3. The van der Waals surface area contributed by atoms with Crippen molar-refractivity contribution in [3.8, 4) is 11.5 Å². The van der Waals surface area contributed by atoms with Gasteiger partial charge >= 0.3 is 0 Å². The monoisotopic (exact) mass is 291 g/mol. The molecule has 0 spiro atoms. The van der Waals surface area contributed by atoms with Crippen LogP contribution in [0, 0.1) is 0 Å². The molecule has 1 aromatic rings. The van der Waals surface area contributed by atoms with Crippen LogP contribution in [-0.4, -0.2) is 52.4 Å². The van der Waals surface area contributed by atoms with E-state index in [0.717, 1.165) is 0 Å². The van der Waals surface area contributed by atoms with Crippen LogP contribution in [0.2, 0.25) is 0 Å². The number of fused-ring (bicyclic) bond motifs is 4. The Labute approximate surface area is 119 Å². The highest BCUT2D eigenvalue weighted by Gasteiger charge is 2.43. The molecule has 7 heteroatoms. The van der Waals surface area contributed by atoms with E-state index in [1.807, 2.05) is 0 Å². The number of rotatable bonds is 0. The van der Waals surface area contributed by atoms with Crippen molar-refractivity contribution < 1.29 is 29.6 Å². The molecular formula is C14H13NO6. The molecule has 0 saturated carbocycles. The van der Waals surface area contributed by atoms with Gasteiger partial charge in [0.2, 0.25) is 6.79 Å². The molecule has 0 aromatic heterocycles. The van der Waals surface area contributed by atoms with Gasteiger partial charge in [-0.15, -0.1) is 0 Å². The molecule has 4 rings (SSSR count). The number of hydrogen-bond donors (Lipinski definition) is 4. The van der Waals surface area contributed by atoms with E-state index in [2.05, 4.69) is 5.32 Å². The van der Waals surface area contributed by atoms with Crippen LogP contribution in [0.4, 0.5) is 0 Å². The number of carbonyl (C=O) groups excluding carboxylic acids is 1. The lowest BCUT2D eigenvalue weighted by molar-refractivity contribution is -0.0534. The third-order valence-electron chi connectivity index (χ3n) is 4.08. The second-order valence-electron chi connectivity index (χ2n) is 5.30. The van der Waals surface area contributed by atoms with Crippen LogP contribution in [0.5, 0.6) is 11.5 Å². The molecular weight excluding hydrogens is 278 g/mol. The first-order valence-electron chi connectivity index (χ1n) is 6.57. The average Bonchev–Trinajstić information content (AvgIpc) is 2.92. The summed E-state index contributed by atoms with van der Waals surface area (Å²) in [5.74, 6) is 0.631. The summed E-state index contributed by atoms with van der Waals surface area (Å²) >= 11 is 0. The van der Waals surface area contributed by atoms with Crippen molar-refractivity contribution in [1.29, 1.82) is 0 Å². The van der Waals surface area contributed by atoms with Gasteiger partial charge < -0.3 is 30.1 Å². The normalized spacial score (nSPS) is 32.9. The maximum absolute atomic E-state index is 12.2. The molecule has 3 aliphatic rings. The molecule has 7 nitrogen and oxygen atoms in total. The molecule has 0 saturated heterocycles. The predicted octanol–water partition coefficient (Wildman–Crippen LogP) is -0.993. The molecule has 4 N–H and O–H groups in total. The van der Waals surface area contributed by atoms with Crippen molar-refractivity contribution in [1.82, 2.24) is 5.32 Å². The molecule has 1 unspecified atom stereocenters. The summed E-state index contributed by atoms with van der Waals surface area (Å²) in [5, 5.41) is 32.3. The summed E-state index contributed by atoms with van der Waals surface area (Å²) in [6.45, 7) is 0.0896. The zero-order valence-electron chi connectivity index (χ0n) is 10.8. The lowest BCUT2D eigenvalue weighted by atomic mass is 9.79. The highest BCUT2D eigenvalue weighted by molar-refractivity contribution is 6.05. The number of amides is 1. The minimum atomic E-state index is -1.34. The standard InChI is InChI=1S/C14H13NO6/c16-8-1-6-5-2-9-10(21-4-20-9)3-7(5)14(19)15-11(6)13(18)12(8)17/h1-3,8,11-13,16-18H,4H2,(H,15,19)/t8?,11-,12-,13+/m1/s1. The van der Waals surface area contributed by atoms with Crippen LogP contribution in [0.3, 0.4) is 0 Å². The Balaban J connectivity index is 1.90. The largest absolute Gasteiger partial charge is 0.454 e. The van der Waals surface area contributed by atoms with Gasteiger partial charge in [-0.05, 0) is 29.3 Å². The second-order valence-corrected chi connectivity index (χ2v) is 5.30. The van der Waals surface area contributed by atoms with Gasteiger partial charge in [0.15, 0.2) is 11.5 Å². The zero-order chi connectivity index (χ0) is 14.7. The molecule has 21 heavy (non-hydrogen) atoms. The van der Waals surface area contributed by atoms with E-state index in [4.69, 9.17) is 9.47 Å². The number of nitrogens with one attached hydrogen (secondary N) is 1. The molecule has 1 aromatic carbocycles. The average molecular weight is 291 g/mol. The molecule has 2 aliphatic heterocycles. The fourth-order valence-electron chi connectivity index (χ4n) is 2.98. The van der Waals surface area contributed by atoms with Crippen LogP contribution >= 0.6 is 0 Å². The Bertz CT molecular complexity index is 670. The van der Waals surface area contributed by atoms with Gasteiger partial charge in [-0.3, -0.25) is 4.79 Å². The van der Waals surface area contributed by atoms with E-state index in [1.54, 1.807) is 12.1 Å². The number of aliphatic hydroxyl groups is 3. The fraction of sp³-hybridized carbons (Fsp3) is 0.357. The Morgan fingerprint density at radius 2 is 1.71 bits per heavy atom. The van der Waals surface area contributed by atoms with Crippen molar-refractivity contribution in [2.75, 3.05) is 6.79 Å². The van der Waals surface area contributed by atoms with Crippen LogP contribution in [0.1, 0.15) is 15.9 Å². The molecule has 1 amide bonds. The summed E-state index contributed by atoms with van der Waals surface area (Å²) in [7, 11) is 0. The summed E-state index contributed by atoms with van der Waals surface area (Å²) in [6, 6.07) is 2.48. The third kappa shape index (κ3) is 1.68. The fourth-order valence-corrected chi connectivity index (χ4v) is 2.98. The van der Waals surface area contributed by atoms with Gasteiger partial charge in [0, 0.05) is 0 Å². The summed E-state index contributed by atoms with van der Waals surface area (Å²) < 4.78 is 10.5. The molecule has 2 heterocycles. The number of hydrogen-bond acceptors (Lipinski definition) is 6. The number of benzene rings is 1. The molecule has 4 atom stereocenters. The van der Waals surface area contributed by atoms with E-state index in [9.17, 15) is 20.1 Å². The highest BCUT2D eigenvalue weighted by atomic mass is 16.7. The highest BCUT2D eigenvalue weighted by Crippen LogP contribution is 2.41. The molecule has 0 radical (unpaired) electrons. The first kappa shape index (κ1) is 12.6. The maximum Gasteiger partial charge on any atom is 0.252 e. The van der Waals surface area contributed by atoms with E-state index in [1.165, 1.54) is 6.08 Å². The van der Waals surface area contributed by atoms with Crippen LogP contribution in [0.25, 0.3) is 5.57 Å². The number of aliphatic hydroxyl groups excluding tert-OH is 3. The molecule has 0 bridgehead atoms. The van der Waals surface area contributed by atoms with Gasteiger partial charge in [-0.25, -0.2) is 0 Å². The smallest absolute Gasteiger partial charge is 0.252 e. The summed E-state index contributed by atoms with van der Waals surface area (Å²) in [5.41, 5.74) is 1.52. The summed E-state index contributed by atoms with van der Waals surface area (Å²) in [4.78, 5) is 12.2. The van der Waals surface area contributed by atoms with Crippen molar-refractivity contribution in [2.45, 2.75) is 24.4 Å². The quantitative estimate of drug-likeness (QED) is 0.489. The summed E-state index contributed by atoms with van der Waals surface area (Å²) in [6.07, 6.45) is -2.36. The van der Waals surface area contributed by atoms with E-state index in [-0.39, 0.29) is 12.7 Å². The van der Waals surface area contributed by atoms with Crippen LogP contribution in [-0.2, 0) is 0 Å². The van der Waals surface area contributed by atoms with Crippen molar-refractivity contribution in [2.24, 2.45) is 0 Å². The topological polar surface area (TPSA) is 108 Å². The van der Waals surface area contributed by atoms with Gasteiger partial charge in [-0.1, -0.05) is 0 Å². The van der Waals surface area contributed by atoms with Gasteiger partial charge in [0.05, 0.1) is 11.6 Å². The minimum Gasteiger partial charge on any atom is -0.454 e. The Morgan fingerprint density at radius 3 is 2.43 bits per heavy atom. The van der Waals surface area contributed by atoms with Crippen LogP contribution < -0.4 is 14.8 Å². The van der Waals surface area contributed by atoms with Crippen LogP contribution in [0.15, 0.2) is 18.2 Å². The van der Waals surface area contributed by atoms with E-state index >= 15 is 0 Å². The molecule has 1 aliphatic carbocycles. The molecule has 0 fully saturated rings. The van der Waals surface area contributed by atoms with Gasteiger partial charge in [-0.2, -0.15) is 0 Å². The van der Waals surface area contributed by atoms with Crippen molar-refractivity contribution in [3.63, 3.8) is 0 Å². The van der Waals surface area contributed by atoms with E-state index in [0.29, 0.717) is 28.2 Å². The van der Waals surface area contributed by atoms with Crippen molar-refractivity contribution in [3.05, 3.63) is 29.3 Å². The van der Waals surface area contributed by atoms with Gasteiger partial charge in [0.1, 0.15) is 18.3 Å². The zero-order valence-corrected chi connectivity index (χ0v) is 10.8. The minimum absolute atomic E-state index is 0.0896. The molecule has 110 valence electrons.